The van der Waals surface area contributed by atoms with Gasteiger partial charge in [0.2, 0.25) is 0 Å². The van der Waals surface area contributed by atoms with Gasteiger partial charge in [0.05, 0.1) is 5.41 Å². The number of carbonyl (C=O) groups is 1. The van der Waals surface area contributed by atoms with E-state index >= 15 is 0 Å². The average molecular weight is 355 g/mol. The minimum atomic E-state index is -0.303. The lowest BCUT2D eigenvalue weighted by molar-refractivity contribution is -0.108. The minimum absolute atomic E-state index is 0.132. The Morgan fingerprint density at radius 3 is 2.41 bits per heavy atom. The summed E-state index contributed by atoms with van der Waals surface area (Å²) in [6.07, 6.45) is 2.16. The maximum Gasteiger partial charge on any atom is 0.186 e. The van der Waals surface area contributed by atoms with E-state index in [0.717, 1.165) is 25.0 Å². The predicted octanol–water partition coefficient (Wildman–Crippen LogP) is 4.69. The van der Waals surface area contributed by atoms with Gasteiger partial charge in [-0.2, -0.15) is 0 Å². The highest BCUT2D eigenvalue weighted by molar-refractivity contribution is 5.71. The monoisotopic (exact) mass is 355 g/mol. The van der Waals surface area contributed by atoms with Crippen LogP contribution in [-0.2, 0) is 16.8 Å². The maximum atomic E-state index is 11.3. The molecule has 0 aliphatic carbocycles. The van der Waals surface area contributed by atoms with Gasteiger partial charge >= 0.3 is 0 Å². The Bertz CT molecular complexity index is 984. The van der Waals surface area contributed by atoms with Crippen molar-refractivity contribution in [1.29, 1.82) is 0 Å². The number of carbonyl (C=O) groups excluding carboxylic acids is 1. The summed E-state index contributed by atoms with van der Waals surface area (Å²) in [5.41, 5.74) is 4.60. The zero-order valence-corrected chi connectivity index (χ0v) is 15.0. The van der Waals surface area contributed by atoms with Crippen LogP contribution in [0.15, 0.2) is 78.9 Å². The van der Waals surface area contributed by atoms with Crippen LogP contribution in [0, 0.1) is 0 Å². The molecule has 0 aromatic heterocycles. The van der Waals surface area contributed by atoms with Gasteiger partial charge in [-0.05, 0) is 29.7 Å². The molecule has 2 atom stereocenters. The molecule has 3 aromatic carbocycles. The molecule has 0 bridgehead atoms. The topological polar surface area (TPSA) is 29.5 Å². The molecule has 27 heavy (non-hydrogen) atoms. The molecule has 0 amide bonds. The summed E-state index contributed by atoms with van der Waals surface area (Å²) < 4.78 is 6.51. The number of anilines is 1. The van der Waals surface area contributed by atoms with Gasteiger partial charge in [0.25, 0.3) is 0 Å². The van der Waals surface area contributed by atoms with Gasteiger partial charge < -0.3 is 14.4 Å². The fourth-order valence-corrected chi connectivity index (χ4v) is 4.75. The molecule has 3 aromatic rings. The van der Waals surface area contributed by atoms with Crippen molar-refractivity contribution in [3.8, 4) is 5.75 Å². The van der Waals surface area contributed by atoms with E-state index in [2.05, 4.69) is 65.6 Å². The largest absolute Gasteiger partial charge is 0.469 e. The molecule has 2 aliphatic heterocycles. The number of benzene rings is 3. The van der Waals surface area contributed by atoms with Gasteiger partial charge in [0, 0.05) is 24.2 Å². The second-order valence-electron chi connectivity index (χ2n) is 7.27. The third kappa shape index (κ3) is 2.31. The van der Waals surface area contributed by atoms with Gasteiger partial charge in [-0.1, -0.05) is 66.7 Å². The molecule has 0 saturated carbocycles. The second kappa shape index (κ2) is 6.27. The molecule has 0 fully saturated rings. The first kappa shape index (κ1) is 16.1. The number of para-hydroxylation sites is 2. The predicted molar refractivity (Wildman–Crippen MR) is 106 cm³/mol. The highest BCUT2D eigenvalue weighted by Gasteiger charge is 2.58. The molecule has 3 heteroatoms. The van der Waals surface area contributed by atoms with Crippen molar-refractivity contribution in [2.75, 3.05) is 4.90 Å². The average Bonchev–Trinajstić information content (AvgIpc) is 3.18. The quantitative estimate of drug-likeness (QED) is 0.622. The van der Waals surface area contributed by atoms with E-state index < -0.39 is 0 Å². The third-order valence-electron chi connectivity index (χ3n) is 5.86. The number of hydrogen-bond donors (Lipinski definition) is 0. The Balaban J connectivity index is 1.68. The number of aldehydes is 1. The number of nitrogens with zero attached hydrogens (tertiary/aromatic N) is 1. The van der Waals surface area contributed by atoms with E-state index in [1.165, 1.54) is 22.4 Å². The number of hydrogen-bond acceptors (Lipinski definition) is 3. The van der Waals surface area contributed by atoms with Gasteiger partial charge in [-0.15, -0.1) is 0 Å². The van der Waals surface area contributed by atoms with E-state index in [4.69, 9.17) is 4.74 Å². The molecule has 2 aliphatic rings. The lowest BCUT2D eigenvalue weighted by Gasteiger charge is -2.32. The number of ether oxygens (including phenoxy) is 1. The highest BCUT2D eigenvalue weighted by atomic mass is 16.5. The molecule has 0 radical (unpaired) electrons. The number of rotatable bonds is 5. The van der Waals surface area contributed by atoms with Crippen LogP contribution in [-0.4, -0.2) is 12.5 Å². The standard InChI is InChI=1S/C24H21NO2/c26-16-8-15-24-19-11-4-6-13-21(19)25(17-18-9-2-1-3-10-18)23(24)27-22-14-7-5-12-20(22)24/h1-7,9-14,16,23H,8,15,17H2/t23-,24+/m0/s1. The molecule has 0 unspecified atom stereocenters. The Morgan fingerprint density at radius 2 is 1.59 bits per heavy atom. The van der Waals surface area contributed by atoms with Crippen LogP contribution in [0.25, 0.3) is 0 Å². The van der Waals surface area contributed by atoms with E-state index in [1.54, 1.807) is 0 Å². The molecule has 0 N–H and O–H groups in total. The summed E-state index contributed by atoms with van der Waals surface area (Å²) in [7, 11) is 0. The van der Waals surface area contributed by atoms with Crippen LogP contribution < -0.4 is 9.64 Å². The minimum Gasteiger partial charge on any atom is -0.469 e. The molecular formula is C24H21NO2. The van der Waals surface area contributed by atoms with Crippen LogP contribution in [0.3, 0.4) is 0 Å². The summed E-state index contributed by atoms with van der Waals surface area (Å²) in [5.74, 6) is 0.931. The summed E-state index contributed by atoms with van der Waals surface area (Å²) >= 11 is 0. The Labute approximate surface area is 159 Å². The summed E-state index contributed by atoms with van der Waals surface area (Å²) in [6, 6.07) is 27.3. The fourth-order valence-electron chi connectivity index (χ4n) is 4.75. The molecule has 0 saturated heterocycles. The normalized spacial score (nSPS) is 21.9. The van der Waals surface area contributed by atoms with Gasteiger partial charge in [-0.3, -0.25) is 0 Å². The first-order valence-electron chi connectivity index (χ1n) is 9.44. The van der Waals surface area contributed by atoms with Crippen molar-refractivity contribution in [1.82, 2.24) is 0 Å². The summed E-state index contributed by atoms with van der Waals surface area (Å²) in [5, 5.41) is 0. The molecule has 134 valence electrons. The van der Waals surface area contributed by atoms with Crippen molar-refractivity contribution in [2.24, 2.45) is 0 Å². The van der Waals surface area contributed by atoms with Crippen LogP contribution in [0.1, 0.15) is 29.5 Å². The van der Waals surface area contributed by atoms with Crippen molar-refractivity contribution in [3.63, 3.8) is 0 Å². The first-order chi connectivity index (χ1) is 13.3. The van der Waals surface area contributed by atoms with Crippen molar-refractivity contribution < 1.29 is 9.53 Å². The van der Waals surface area contributed by atoms with E-state index in [-0.39, 0.29) is 11.6 Å². The van der Waals surface area contributed by atoms with Crippen LogP contribution >= 0.6 is 0 Å². The lowest BCUT2D eigenvalue weighted by Crippen LogP contribution is -2.45. The Hall–Kier alpha value is -3.07. The van der Waals surface area contributed by atoms with E-state index in [0.29, 0.717) is 6.42 Å². The van der Waals surface area contributed by atoms with Gasteiger partial charge in [-0.25, -0.2) is 0 Å². The molecule has 3 nitrogen and oxygen atoms in total. The summed E-state index contributed by atoms with van der Waals surface area (Å²) in [6.45, 7) is 0.777. The molecule has 2 heterocycles. The number of fused-ring (bicyclic) bond motifs is 5. The highest BCUT2D eigenvalue weighted by Crippen LogP contribution is 2.58. The Morgan fingerprint density at radius 1 is 0.889 bits per heavy atom. The zero-order valence-electron chi connectivity index (χ0n) is 15.0. The molecule has 5 rings (SSSR count). The molecular weight excluding hydrogens is 334 g/mol. The van der Waals surface area contributed by atoms with Crippen LogP contribution in [0.4, 0.5) is 5.69 Å². The first-order valence-corrected chi connectivity index (χ1v) is 9.44. The van der Waals surface area contributed by atoms with Crippen molar-refractivity contribution >= 4 is 12.0 Å². The zero-order chi connectivity index (χ0) is 18.3. The Kier molecular flexibility index (Phi) is 3.75. The smallest absolute Gasteiger partial charge is 0.186 e. The SMILES string of the molecule is O=CCC[C@@]12c3ccccc3O[C@@H]1N(Cc1ccccc1)c1ccccc12. The maximum absolute atomic E-state index is 11.3. The molecule has 0 spiro atoms. The van der Waals surface area contributed by atoms with E-state index in [1.807, 2.05) is 18.2 Å². The fraction of sp³-hybridized carbons (Fsp3) is 0.208. The van der Waals surface area contributed by atoms with Crippen LogP contribution in [0.2, 0.25) is 0 Å². The van der Waals surface area contributed by atoms with Crippen molar-refractivity contribution in [2.45, 2.75) is 31.0 Å². The second-order valence-corrected chi connectivity index (χ2v) is 7.27. The van der Waals surface area contributed by atoms with E-state index in [9.17, 15) is 4.79 Å². The lowest BCUT2D eigenvalue weighted by atomic mass is 9.72. The van der Waals surface area contributed by atoms with Crippen LogP contribution in [0.5, 0.6) is 5.75 Å². The van der Waals surface area contributed by atoms with Crippen molar-refractivity contribution in [3.05, 3.63) is 95.6 Å². The van der Waals surface area contributed by atoms with Gasteiger partial charge in [0.1, 0.15) is 12.0 Å². The van der Waals surface area contributed by atoms with Gasteiger partial charge in [0.15, 0.2) is 6.23 Å². The third-order valence-corrected chi connectivity index (χ3v) is 5.86. The summed E-state index contributed by atoms with van der Waals surface area (Å²) in [4.78, 5) is 13.6.